The maximum atomic E-state index is 11.3. The van der Waals surface area contributed by atoms with Gasteiger partial charge < -0.3 is 10.4 Å². The summed E-state index contributed by atoms with van der Waals surface area (Å²) in [5.41, 5.74) is 2.12. The van der Waals surface area contributed by atoms with Crippen LogP contribution >= 0.6 is 22.6 Å². The number of nitrogens with one attached hydrogen (secondary N) is 1. The summed E-state index contributed by atoms with van der Waals surface area (Å²) in [6.45, 7) is 0.418. The quantitative estimate of drug-likeness (QED) is 0.582. The highest BCUT2D eigenvalue weighted by atomic mass is 127. The van der Waals surface area contributed by atoms with Gasteiger partial charge in [0, 0.05) is 17.7 Å². The van der Waals surface area contributed by atoms with Gasteiger partial charge in [0.25, 0.3) is 5.91 Å². The minimum Gasteiger partial charge on any atom is -0.390 e. The fourth-order valence-electron chi connectivity index (χ4n) is 1.31. The van der Waals surface area contributed by atoms with Crippen LogP contribution in [0.3, 0.4) is 0 Å². The largest absolute Gasteiger partial charge is 0.390 e. The summed E-state index contributed by atoms with van der Waals surface area (Å²) in [7, 11) is 0. The number of carbonyl (C=O) groups excluding carboxylic acids is 1. The van der Waals surface area contributed by atoms with Gasteiger partial charge in [-0.25, -0.2) is 4.98 Å². The molecule has 0 spiro atoms. The maximum absolute atomic E-state index is 11.3. The number of rotatable bonds is 1. The van der Waals surface area contributed by atoms with Gasteiger partial charge in [0.15, 0.2) is 0 Å². The van der Waals surface area contributed by atoms with Crippen molar-refractivity contribution < 1.29 is 9.90 Å². The Morgan fingerprint density at radius 2 is 2.46 bits per heavy atom. The fourth-order valence-corrected chi connectivity index (χ4v) is 2.10. The van der Waals surface area contributed by atoms with Crippen LogP contribution in [-0.2, 0) is 13.2 Å². The molecule has 1 amide bonds. The van der Waals surface area contributed by atoms with Gasteiger partial charge in [-0.2, -0.15) is 0 Å². The second kappa shape index (κ2) is 3.22. The van der Waals surface area contributed by atoms with Crippen molar-refractivity contribution in [3.05, 3.63) is 26.6 Å². The Kier molecular flexibility index (Phi) is 2.20. The van der Waals surface area contributed by atoms with Gasteiger partial charge in [-0.15, -0.1) is 0 Å². The van der Waals surface area contributed by atoms with Gasteiger partial charge in [0.1, 0.15) is 3.70 Å². The summed E-state index contributed by atoms with van der Waals surface area (Å²) in [6, 6.07) is 1.64. The Bertz CT molecular complexity index is 379. The number of pyridine rings is 1. The Labute approximate surface area is 88.5 Å². The third-order valence-electron chi connectivity index (χ3n) is 1.96. The van der Waals surface area contributed by atoms with Crippen LogP contribution in [0.25, 0.3) is 0 Å². The molecule has 2 rings (SSSR count). The second-order valence-electron chi connectivity index (χ2n) is 2.77. The van der Waals surface area contributed by atoms with E-state index in [4.69, 9.17) is 5.11 Å². The molecule has 4 nitrogen and oxygen atoms in total. The van der Waals surface area contributed by atoms with Crippen molar-refractivity contribution in [1.29, 1.82) is 0 Å². The zero-order chi connectivity index (χ0) is 9.42. The van der Waals surface area contributed by atoms with Crippen LogP contribution in [-0.4, -0.2) is 16.0 Å². The molecule has 1 aromatic heterocycles. The molecular formula is C8H7IN2O2. The first-order chi connectivity index (χ1) is 6.22. The zero-order valence-electron chi connectivity index (χ0n) is 6.67. The van der Waals surface area contributed by atoms with Crippen LogP contribution < -0.4 is 5.32 Å². The molecular weight excluding hydrogens is 283 g/mol. The Morgan fingerprint density at radius 3 is 3.15 bits per heavy atom. The maximum Gasteiger partial charge on any atom is 0.252 e. The summed E-state index contributed by atoms with van der Waals surface area (Å²) in [4.78, 5) is 15.4. The SMILES string of the molecule is O=C1NCc2c1cc(CO)nc2I. The standard InChI is InChI=1S/C8H7IN2O2/c9-7-6-2-10-8(13)5(6)1-4(3-12)11-7/h1,12H,2-3H2,(H,10,13). The number of hydrogen-bond donors (Lipinski definition) is 2. The number of carbonyl (C=O) groups is 1. The normalized spacial score (nSPS) is 14.2. The average Bonchev–Trinajstić information content (AvgIpc) is 2.48. The van der Waals surface area contributed by atoms with Gasteiger partial charge in [-0.05, 0) is 28.7 Å². The highest BCUT2D eigenvalue weighted by Gasteiger charge is 2.22. The molecule has 0 bridgehead atoms. The first-order valence-electron chi connectivity index (χ1n) is 3.79. The van der Waals surface area contributed by atoms with Crippen LogP contribution in [0.15, 0.2) is 6.07 Å². The molecule has 0 saturated carbocycles. The molecule has 1 aromatic rings. The van der Waals surface area contributed by atoms with Gasteiger partial charge in [0.05, 0.1) is 12.3 Å². The monoisotopic (exact) mass is 290 g/mol. The molecule has 0 aromatic carbocycles. The van der Waals surface area contributed by atoms with Crippen molar-refractivity contribution in [3.63, 3.8) is 0 Å². The van der Waals surface area contributed by atoms with Crippen LogP contribution in [0.5, 0.6) is 0 Å². The summed E-state index contributed by atoms with van der Waals surface area (Å²) in [5, 5.41) is 11.6. The fraction of sp³-hybridized carbons (Fsp3) is 0.250. The molecule has 0 saturated heterocycles. The Balaban J connectivity index is 2.60. The lowest BCUT2D eigenvalue weighted by atomic mass is 10.1. The molecule has 5 heteroatoms. The molecule has 0 aliphatic carbocycles. The first-order valence-corrected chi connectivity index (χ1v) is 4.87. The highest BCUT2D eigenvalue weighted by Crippen LogP contribution is 2.20. The van der Waals surface area contributed by atoms with Crippen molar-refractivity contribution in [1.82, 2.24) is 10.3 Å². The van der Waals surface area contributed by atoms with E-state index in [1.165, 1.54) is 0 Å². The Morgan fingerprint density at radius 1 is 1.69 bits per heavy atom. The van der Waals surface area contributed by atoms with Crippen molar-refractivity contribution in [2.45, 2.75) is 13.2 Å². The lowest BCUT2D eigenvalue weighted by Crippen LogP contribution is -2.12. The minimum atomic E-state index is -0.128. The average molecular weight is 290 g/mol. The second-order valence-corrected chi connectivity index (χ2v) is 3.79. The third-order valence-corrected chi connectivity index (χ3v) is 2.85. The number of nitrogens with zero attached hydrogens (tertiary/aromatic N) is 1. The number of aromatic nitrogens is 1. The van der Waals surface area contributed by atoms with Gasteiger partial charge >= 0.3 is 0 Å². The number of amides is 1. The van der Waals surface area contributed by atoms with Gasteiger partial charge in [-0.3, -0.25) is 4.79 Å². The van der Waals surface area contributed by atoms with E-state index in [0.29, 0.717) is 17.8 Å². The van der Waals surface area contributed by atoms with Gasteiger partial charge in [-0.1, -0.05) is 0 Å². The predicted octanol–water partition coefficient (Wildman–Crippen LogP) is 0.422. The first kappa shape index (κ1) is 8.89. The van der Waals surface area contributed by atoms with E-state index in [1.807, 2.05) is 0 Å². The predicted molar refractivity (Wildman–Crippen MR) is 54.0 cm³/mol. The van der Waals surface area contributed by atoms with E-state index in [2.05, 4.69) is 32.9 Å². The van der Waals surface area contributed by atoms with E-state index in [1.54, 1.807) is 6.07 Å². The topological polar surface area (TPSA) is 62.2 Å². The number of fused-ring (bicyclic) bond motifs is 1. The summed E-state index contributed by atoms with van der Waals surface area (Å²) in [6.07, 6.45) is 0. The highest BCUT2D eigenvalue weighted by molar-refractivity contribution is 14.1. The molecule has 2 N–H and O–H groups in total. The van der Waals surface area contributed by atoms with E-state index in [0.717, 1.165) is 9.26 Å². The van der Waals surface area contributed by atoms with E-state index in [-0.39, 0.29) is 12.5 Å². The number of aliphatic hydroxyl groups excluding tert-OH is 1. The van der Waals surface area contributed by atoms with Gasteiger partial charge in [0.2, 0.25) is 0 Å². The van der Waals surface area contributed by atoms with E-state index >= 15 is 0 Å². The summed E-state index contributed by atoms with van der Waals surface area (Å²) >= 11 is 2.07. The molecule has 1 aliphatic rings. The number of aliphatic hydroxyl groups is 1. The molecule has 0 radical (unpaired) electrons. The number of hydrogen-bond acceptors (Lipinski definition) is 3. The summed E-state index contributed by atoms with van der Waals surface area (Å²) in [5.74, 6) is -0.0787. The molecule has 0 unspecified atom stereocenters. The van der Waals surface area contributed by atoms with E-state index in [9.17, 15) is 4.79 Å². The number of halogens is 1. The van der Waals surface area contributed by atoms with Crippen molar-refractivity contribution >= 4 is 28.5 Å². The molecule has 0 fully saturated rings. The van der Waals surface area contributed by atoms with E-state index < -0.39 is 0 Å². The van der Waals surface area contributed by atoms with Crippen LogP contribution in [0.2, 0.25) is 0 Å². The van der Waals surface area contributed by atoms with Crippen molar-refractivity contribution in [2.75, 3.05) is 0 Å². The van der Waals surface area contributed by atoms with Crippen LogP contribution in [0.4, 0.5) is 0 Å². The zero-order valence-corrected chi connectivity index (χ0v) is 8.83. The molecule has 0 atom stereocenters. The third kappa shape index (κ3) is 1.42. The van der Waals surface area contributed by atoms with Crippen molar-refractivity contribution in [3.8, 4) is 0 Å². The molecule has 1 aliphatic heterocycles. The minimum absolute atomic E-state index is 0.0787. The Hall–Kier alpha value is -0.690. The summed E-state index contributed by atoms with van der Waals surface area (Å²) < 4.78 is 0.789. The lowest BCUT2D eigenvalue weighted by Gasteiger charge is -2.01. The van der Waals surface area contributed by atoms with Crippen LogP contribution in [0, 0.1) is 3.70 Å². The smallest absolute Gasteiger partial charge is 0.252 e. The van der Waals surface area contributed by atoms with Crippen molar-refractivity contribution in [2.24, 2.45) is 0 Å². The molecule has 13 heavy (non-hydrogen) atoms. The van der Waals surface area contributed by atoms with Crippen LogP contribution in [0.1, 0.15) is 21.6 Å². The lowest BCUT2D eigenvalue weighted by molar-refractivity contribution is 0.0965. The molecule has 2 heterocycles. The molecule has 68 valence electrons.